The first-order chi connectivity index (χ1) is 9.74. The predicted molar refractivity (Wildman–Crippen MR) is 76.2 cm³/mol. The number of hydrazine groups is 1. The van der Waals surface area contributed by atoms with Crippen molar-refractivity contribution in [2.45, 2.75) is 31.8 Å². The smallest absolute Gasteiger partial charge is 0.334 e. The summed E-state index contributed by atoms with van der Waals surface area (Å²) in [6, 6.07) is 0.160. The van der Waals surface area contributed by atoms with Gasteiger partial charge in [-0.3, -0.25) is 5.01 Å². The van der Waals surface area contributed by atoms with E-state index in [1.54, 1.807) is 0 Å². The highest BCUT2D eigenvalue weighted by Gasteiger charge is 2.32. The van der Waals surface area contributed by atoms with Crippen LogP contribution in [0.1, 0.15) is 25.7 Å². The molecule has 0 spiro atoms. The van der Waals surface area contributed by atoms with E-state index in [1.807, 2.05) is 9.91 Å². The Morgan fingerprint density at radius 2 is 1.65 bits per heavy atom. The molecule has 1 N–H and O–H groups in total. The van der Waals surface area contributed by atoms with Gasteiger partial charge in [0.2, 0.25) is 0 Å². The van der Waals surface area contributed by atoms with E-state index in [4.69, 9.17) is 0 Å². The van der Waals surface area contributed by atoms with Crippen molar-refractivity contribution >= 4 is 6.03 Å². The Morgan fingerprint density at radius 1 is 0.950 bits per heavy atom. The molecule has 0 atom stereocenters. The molecule has 20 heavy (non-hydrogen) atoms. The van der Waals surface area contributed by atoms with E-state index in [-0.39, 0.29) is 12.1 Å². The summed E-state index contributed by atoms with van der Waals surface area (Å²) in [5.41, 5.74) is 0. The molecule has 6 nitrogen and oxygen atoms in total. The first-order valence-corrected chi connectivity index (χ1v) is 7.96. The van der Waals surface area contributed by atoms with Gasteiger partial charge >= 0.3 is 6.03 Å². The van der Waals surface area contributed by atoms with Crippen molar-refractivity contribution in [2.75, 3.05) is 52.4 Å². The highest BCUT2D eigenvalue weighted by Crippen LogP contribution is 2.18. The van der Waals surface area contributed by atoms with Gasteiger partial charge in [0.25, 0.3) is 0 Å². The van der Waals surface area contributed by atoms with Crippen LogP contribution in [-0.4, -0.2) is 89.4 Å². The largest absolute Gasteiger partial charge is 0.393 e. The van der Waals surface area contributed by atoms with E-state index >= 15 is 0 Å². The molecular weight excluding hydrogens is 256 g/mol. The van der Waals surface area contributed by atoms with Crippen molar-refractivity contribution in [2.24, 2.45) is 0 Å². The van der Waals surface area contributed by atoms with Gasteiger partial charge in [0.05, 0.1) is 6.10 Å². The second-order valence-corrected chi connectivity index (χ2v) is 6.13. The average Bonchev–Trinajstić information content (AvgIpc) is 2.40. The molecule has 0 bridgehead atoms. The normalized spacial score (nSPS) is 26.9. The van der Waals surface area contributed by atoms with E-state index < -0.39 is 0 Å². The maximum Gasteiger partial charge on any atom is 0.334 e. The molecule has 3 aliphatic heterocycles. The van der Waals surface area contributed by atoms with Gasteiger partial charge < -0.3 is 14.9 Å². The van der Waals surface area contributed by atoms with Gasteiger partial charge in [-0.15, -0.1) is 0 Å². The topological polar surface area (TPSA) is 50.3 Å². The molecule has 2 amide bonds. The van der Waals surface area contributed by atoms with E-state index in [2.05, 4.69) is 9.91 Å². The van der Waals surface area contributed by atoms with Gasteiger partial charge in [-0.25, -0.2) is 9.80 Å². The van der Waals surface area contributed by atoms with Crippen molar-refractivity contribution < 1.29 is 9.90 Å². The van der Waals surface area contributed by atoms with Crippen LogP contribution in [0.3, 0.4) is 0 Å². The number of carbonyl (C=O) groups excluding carboxylic acids is 1. The molecule has 3 rings (SSSR count). The van der Waals surface area contributed by atoms with Crippen molar-refractivity contribution in [3.63, 3.8) is 0 Å². The number of piperidine rings is 1. The number of aliphatic hydroxyl groups is 1. The monoisotopic (exact) mass is 282 g/mol. The lowest BCUT2D eigenvalue weighted by Crippen LogP contribution is -2.59. The molecule has 0 aromatic heterocycles. The SMILES string of the molecule is O=C1N(CCN2CCC2)CCCN1N1CCC(O)CC1. The van der Waals surface area contributed by atoms with Crippen molar-refractivity contribution in [1.29, 1.82) is 0 Å². The quantitative estimate of drug-likeness (QED) is 0.800. The lowest BCUT2D eigenvalue weighted by atomic mass is 10.1. The third kappa shape index (κ3) is 3.07. The van der Waals surface area contributed by atoms with Gasteiger partial charge in [-0.05, 0) is 38.8 Å². The van der Waals surface area contributed by atoms with E-state index in [0.29, 0.717) is 0 Å². The third-order valence-corrected chi connectivity index (χ3v) is 4.71. The number of amides is 2. The molecule has 114 valence electrons. The van der Waals surface area contributed by atoms with Crippen molar-refractivity contribution in [3.8, 4) is 0 Å². The zero-order chi connectivity index (χ0) is 13.9. The van der Waals surface area contributed by atoms with E-state index in [1.165, 1.54) is 19.5 Å². The van der Waals surface area contributed by atoms with Crippen LogP contribution in [0.5, 0.6) is 0 Å². The van der Waals surface area contributed by atoms with Crippen LogP contribution in [0.2, 0.25) is 0 Å². The molecule has 0 aromatic rings. The van der Waals surface area contributed by atoms with E-state index in [9.17, 15) is 9.90 Å². The van der Waals surface area contributed by atoms with Gasteiger partial charge in [0, 0.05) is 39.3 Å². The van der Waals surface area contributed by atoms with Gasteiger partial charge in [0.1, 0.15) is 0 Å². The number of aliphatic hydroxyl groups excluding tert-OH is 1. The third-order valence-electron chi connectivity index (χ3n) is 4.71. The minimum atomic E-state index is -0.186. The molecule has 3 aliphatic rings. The number of nitrogens with zero attached hydrogens (tertiary/aromatic N) is 4. The number of carbonyl (C=O) groups is 1. The second kappa shape index (κ2) is 6.28. The van der Waals surface area contributed by atoms with Crippen LogP contribution < -0.4 is 0 Å². The summed E-state index contributed by atoms with van der Waals surface area (Å²) in [4.78, 5) is 17.0. The first-order valence-electron chi connectivity index (χ1n) is 7.96. The highest BCUT2D eigenvalue weighted by atomic mass is 16.3. The number of hydrogen-bond acceptors (Lipinski definition) is 4. The Kier molecular flexibility index (Phi) is 4.43. The van der Waals surface area contributed by atoms with Crippen LogP contribution in [0.15, 0.2) is 0 Å². The molecule has 6 heteroatoms. The van der Waals surface area contributed by atoms with Gasteiger partial charge in [-0.1, -0.05) is 0 Å². The molecule has 3 fully saturated rings. The minimum Gasteiger partial charge on any atom is -0.393 e. The fraction of sp³-hybridized carbons (Fsp3) is 0.929. The lowest BCUT2D eigenvalue weighted by Gasteiger charge is -2.44. The maximum absolute atomic E-state index is 12.6. The molecular formula is C14H26N4O2. The molecule has 0 aromatic carbocycles. The Labute approximate surface area is 120 Å². The van der Waals surface area contributed by atoms with Crippen LogP contribution in [0.4, 0.5) is 4.79 Å². The zero-order valence-corrected chi connectivity index (χ0v) is 12.2. The molecule has 0 unspecified atom stereocenters. The van der Waals surface area contributed by atoms with Gasteiger partial charge in [-0.2, -0.15) is 0 Å². The number of hydrogen-bond donors (Lipinski definition) is 1. The molecule has 3 saturated heterocycles. The number of rotatable bonds is 4. The summed E-state index contributed by atoms with van der Waals surface area (Å²) >= 11 is 0. The summed E-state index contributed by atoms with van der Waals surface area (Å²) in [6.07, 6.45) is 3.71. The van der Waals surface area contributed by atoms with Crippen LogP contribution >= 0.6 is 0 Å². The Bertz CT molecular complexity index is 340. The fourth-order valence-electron chi connectivity index (χ4n) is 3.20. The van der Waals surface area contributed by atoms with Crippen LogP contribution in [0, 0.1) is 0 Å². The summed E-state index contributed by atoms with van der Waals surface area (Å²) in [7, 11) is 0. The van der Waals surface area contributed by atoms with E-state index in [0.717, 1.165) is 58.5 Å². The lowest BCUT2D eigenvalue weighted by molar-refractivity contribution is -0.0543. The zero-order valence-electron chi connectivity index (χ0n) is 12.2. The summed E-state index contributed by atoms with van der Waals surface area (Å²) in [5.74, 6) is 0. The second-order valence-electron chi connectivity index (χ2n) is 6.13. The predicted octanol–water partition coefficient (Wildman–Crippen LogP) is 0.192. The summed E-state index contributed by atoms with van der Waals surface area (Å²) < 4.78 is 0. The first kappa shape index (κ1) is 14.1. The Morgan fingerprint density at radius 3 is 2.30 bits per heavy atom. The van der Waals surface area contributed by atoms with Crippen LogP contribution in [0.25, 0.3) is 0 Å². The average molecular weight is 282 g/mol. The van der Waals surface area contributed by atoms with Crippen LogP contribution in [-0.2, 0) is 0 Å². The summed E-state index contributed by atoms with van der Waals surface area (Å²) in [6.45, 7) is 7.56. The molecule has 0 radical (unpaired) electrons. The molecule has 0 saturated carbocycles. The van der Waals surface area contributed by atoms with Gasteiger partial charge in [0.15, 0.2) is 0 Å². The molecule has 0 aliphatic carbocycles. The minimum absolute atomic E-state index is 0.160. The molecule has 3 heterocycles. The maximum atomic E-state index is 12.6. The summed E-state index contributed by atoms with van der Waals surface area (Å²) in [5, 5.41) is 13.6. The highest BCUT2D eigenvalue weighted by molar-refractivity contribution is 5.74. The Hall–Kier alpha value is -0.850. The Balaban J connectivity index is 1.51. The van der Waals surface area contributed by atoms with Crippen molar-refractivity contribution in [1.82, 2.24) is 19.8 Å². The van der Waals surface area contributed by atoms with Crippen molar-refractivity contribution in [3.05, 3.63) is 0 Å². The fourth-order valence-corrected chi connectivity index (χ4v) is 3.20. The standard InChI is InChI=1S/C14H26N4O2/c19-13-3-9-17(10-4-13)18-8-2-7-16(14(18)20)12-11-15-5-1-6-15/h13,19H,1-12H2. The number of likely N-dealkylation sites (tertiary alicyclic amines) is 1. The number of urea groups is 1.